The lowest BCUT2D eigenvalue weighted by Crippen LogP contribution is -2.48. The van der Waals surface area contributed by atoms with Gasteiger partial charge in [0.1, 0.15) is 0 Å². The number of amides is 1. The molecule has 1 amide bonds. The summed E-state index contributed by atoms with van der Waals surface area (Å²) in [5.74, 6) is -0.0407. The first-order valence-electron chi connectivity index (χ1n) is 5.56. The number of aliphatic hydroxyl groups is 1. The summed E-state index contributed by atoms with van der Waals surface area (Å²) in [5, 5.41) is 12.6. The minimum Gasteiger partial charge on any atom is -0.388 e. The fraction of sp³-hybridized carbons (Fsp3) is 0.909. The third-order valence-corrected chi connectivity index (χ3v) is 3.08. The van der Waals surface area contributed by atoms with Gasteiger partial charge in [0.05, 0.1) is 5.60 Å². The van der Waals surface area contributed by atoms with E-state index in [2.05, 4.69) is 5.32 Å². The van der Waals surface area contributed by atoms with Gasteiger partial charge in [-0.3, -0.25) is 4.79 Å². The molecule has 0 aromatic rings. The molecule has 0 bridgehead atoms. The van der Waals surface area contributed by atoms with E-state index in [1.165, 1.54) is 0 Å². The molecule has 1 atom stereocenters. The molecule has 0 radical (unpaired) electrons. The summed E-state index contributed by atoms with van der Waals surface area (Å²) in [6.07, 6.45) is 3.39. The van der Waals surface area contributed by atoms with E-state index in [1.807, 2.05) is 6.92 Å². The number of carbonyl (C=O) groups excluding carboxylic acids is 1. The van der Waals surface area contributed by atoms with Crippen LogP contribution >= 0.6 is 0 Å². The molecular formula is C11H21NO3. The molecule has 1 aliphatic carbocycles. The molecule has 1 rings (SSSR count). The average molecular weight is 215 g/mol. The van der Waals surface area contributed by atoms with Crippen molar-refractivity contribution >= 4 is 5.91 Å². The maximum absolute atomic E-state index is 11.6. The Morgan fingerprint density at radius 2 is 2.27 bits per heavy atom. The Kier molecular flexibility index (Phi) is 4.54. The highest BCUT2D eigenvalue weighted by Gasteiger charge is 2.34. The molecule has 0 saturated heterocycles. The van der Waals surface area contributed by atoms with Gasteiger partial charge in [-0.1, -0.05) is 6.92 Å². The molecule has 88 valence electrons. The largest absolute Gasteiger partial charge is 0.388 e. The van der Waals surface area contributed by atoms with E-state index >= 15 is 0 Å². The first-order chi connectivity index (χ1) is 7.07. The van der Waals surface area contributed by atoms with Crippen molar-refractivity contribution in [3.8, 4) is 0 Å². The standard InChI is InChI=1S/C11H21NO3/c1-9(4-7-15-2)10(13)12-8-11(14)5-3-6-11/h9,14H,3-8H2,1-2H3,(H,12,13). The van der Waals surface area contributed by atoms with E-state index in [0.29, 0.717) is 13.2 Å². The van der Waals surface area contributed by atoms with Gasteiger partial charge < -0.3 is 15.2 Å². The van der Waals surface area contributed by atoms with Crippen molar-refractivity contribution in [1.29, 1.82) is 0 Å². The quantitative estimate of drug-likeness (QED) is 0.685. The fourth-order valence-corrected chi connectivity index (χ4v) is 1.61. The molecule has 1 fully saturated rings. The molecular weight excluding hydrogens is 194 g/mol. The predicted octanol–water partition coefficient (Wildman–Crippen LogP) is 0.690. The summed E-state index contributed by atoms with van der Waals surface area (Å²) in [6.45, 7) is 2.86. The molecule has 1 aliphatic rings. The Morgan fingerprint density at radius 1 is 1.60 bits per heavy atom. The second-order valence-corrected chi connectivity index (χ2v) is 4.48. The van der Waals surface area contributed by atoms with Crippen LogP contribution in [0.25, 0.3) is 0 Å². The molecule has 15 heavy (non-hydrogen) atoms. The van der Waals surface area contributed by atoms with Crippen LogP contribution in [0, 0.1) is 5.92 Å². The van der Waals surface area contributed by atoms with Crippen molar-refractivity contribution < 1.29 is 14.6 Å². The first-order valence-corrected chi connectivity index (χ1v) is 5.56. The number of methoxy groups -OCH3 is 1. The highest BCUT2D eigenvalue weighted by atomic mass is 16.5. The van der Waals surface area contributed by atoms with Crippen molar-refractivity contribution in [3.63, 3.8) is 0 Å². The summed E-state index contributed by atoms with van der Waals surface area (Å²) in [6, 6.07) is 0. The fourth-order valence-electron chi connectivity index (χ4n) is 1.61. The number of hydrogen-bond donors (Lipinski definition) is 2. The Hall–Kier alpha value is -0.610. The predicted molar refractivity (Wildman–Crippen MR) is 57.5 cm³/mol. The van der Waals surface area contributed by atoms with Gasteiger partial charge in [-0.2, -0.15) is 0 Å². The van der Waals surface area contributed by atoms with E-state index in [0.717, 1.165) is 25.7 Å². The van der Waals surface area contributed by atoms with Gasteiger partial charge in [-0.25, -0.2) is 0 Å². The van der Waals surface area contributed by atoms with Crippen molar-refractivity contribution in [2.75, 3.05) is 20.3 Å². The molecule has 0 aliphatic heterocycles. The molecule has 4 nitrogen and oxygen atoms in total. The van der Waals surface area contributed by atoms with Crippen LogP contribution < -0.4 is 5.32 Å². The summed E-state index contributed by atoms with van der Waals surface area (Å²) >= 11 is 0. The summed E-state index contributed by atoms with van der Waals surface area (Å²) < 4.78 is 4.91. The van der Waals surface area contributed by atoms with Crippen LogP contribution in [0.15, 0.2) is 0 Å². The third-order valence-electron chi connectivity index (χ3n) is 3.08. The average Bonchev–Trinajstić information content (AvgIpc) is 2.19. The number of ether oxygens (including phenoxy) is 1. The van der Waals surface area contributed by atoms with Crippen molar-refractivity contribution in [1.82, 2.24) is 5.32 Å². The van der Waals surface area contributed by atoms with Gasteiger partial charge in [0.2, 0.25) is 5.91 Å². The van der Waals surface area contributed by atoms with Crippen LogP contribution in [0.4, 0.5) is 0 Å². The van der Waals surface area contributed by atoms with E-state index in [9.17, 15) is 9.90 Å². The van der Waals surface area contributed by atoms with Gasteiger partial charge in [-0.15, -0.1) is 0 Å². The molecule has 0 aromatic carbocycles. The zero-order valence-corrected chi connectivity index (χ0v) is 9.58. The zero-order valence-electron chi connectivity index (χ0n) is 9.58. The van der Waals surface area contributed by atoms with E-state index in [1.54, 1.807) is 7.11 Å². The molecule has 0 spiro atoms. The Morgan fingerprint density at radius 3 is 2.73 bits per heavy atom. The number of hydrogen-bond acceptors (Lipinski definition) is 3. The van der Waals surface area contributed by atoms with Crippen LogP contribution in [-0.4, -0.2) is 36.9 Å². The van der Waals surface area contributed by atoms with E-state index in [4.69, 9.17) is 4.74 Å². The maximum Gasteiger partial charge on any atom is 0.223 e. The van der Waals surface area contributed by atoms with Crippen LogP contribution in [0.1, 0.15) is 32.6 Å². The van der Waals surface area contributed by atoms with Gasteiger partial charge in [0.15, 0.2) is 0 Å². The maximum atomic E-state index is 11.6. The normalized spacial score (nSPS) is 20.5. The third kappa shape index (κ3) is 3.80. The molecule has 1 unspecified atom stereocenters. The zero-order chi connectivity index (χ0) is 11.3. The minimum absolute atomic E-state index is 0.00683. The van der Waals surface area contributed by atoms with Crippen molar-refractivity contribution in [2.24, 2.45) is 5.92 Å². The van der Waals surface area contributed by atoms with Crippen LogP contribution in [-0.2, 0) is 9.53 Å². The number of rotatable bonds is 6. The summed E-state index contributed by atoms with van der Waals surface area (Å²) in [7, 11) is 1.63. The SMILES string of the molecule is COCCC(C)C(=O)NCC1(O)CCC1. The Labute approximate surface area is 91.0 Å². The van der Waals surface area contributed by atoms with Crippen molar-refractivity contribution in [2.45, 2.75) is 38.2 Å². The topological polar surface area (TPSA) is 58.6 Å². The second kappa shape index (κ2) is 5.47. The van der Waals surface area contributed by atoms with Crippen molar-refractivity contribution in [3.05, 3.63) is 0 Å². The molecule has 0 aromatic heterocycles. The molecule has 2 N–H and O–H groups in total. The first kappa shape index (κ1) is 12.5. The highest BCUT2D eigenvalue weighted by Crippen LogP contribution is 2.30. The lowest BCUT2D eigenvalue weighted by Gasteiger charge is -2.36. The van der Waals surface area contributed by atoms with Gasteiger partial charge >= 0.3 is 0 Å². The molecule has 4 heteroatoms. The van der Waals surface area contributed by atoms with E-state index in [-0.39, 0.29) is 11.8 Å². The van der Waals surface area contributed by atoms with Crippen LogP contribution in [0.3, 0.4) is 0 Å². The van der Waals surface area contributed by atoms with Crippen LogP contribution in [0.2, 0.25) is 0 Å². The Bertz CT molecular complexity index is 214. The minimum atomic E-state index is -0.628. The molecule has 1 saturated carbocycles. The highest BCUT2D eigenvalue weighted by molar-refractivity contribution is 5.78. The monoisotopic (exact) mass is 215 g/mol. The molecule has 0 heterocycles. The number of nitrogens with one attached hydrogen (secondary N) is 1. The van der Waals surface area contributed by atoms with E-state index < -0.39 is 5.60 Å². The number of carbonyl (C=O) groups is 1. The van der Waals surface area contributed by atoms with Gasteiger partial charge in [-0.05, 0) is 25.7 Å². The Balaban J connectivity index is 2.17. The lowest BCUT2D eigenvalue weighted by molar-refractivity contribution is -0.127. The summed E-state index contributed by atoms with van der Waals surface area (Å²) in [4.78, 5) is 11.6. The van der Waals surface area contributed by atoms with Gasteiger partial charge in [0.25, 0.3) is 0 Å². The summed E-state index contributed by atoms with van der Waals surface area (Å²) in [5.41, 5.74) is -0.628. The smallest absolute Gasteiger partial charge is 0.223 e. The second-order valence-electron chi connectivity index (χ2n) is 4.48. The van der Waals surface area contributed by atoms with Gasteiger partial charge in [0, 0.05) is 26.2 Å². The van der Waals surface area contributed by atoms with Crippen LogP contribution in [0.5, 0.6) is 0 Å². The lowest BCUT2D eigenvalue weighted by atomic mass is 9.80.